The highest BCUT2D eigenvalue weighted by Crippen LogP contribution is 2.29. The highest BCUT2D eigenvalue weighted by Gasteiger charge is 2.20. The van der Waals surface area contributed by atoms with Crippen molar-refractivity contribution in [3.8, 4) is 5.75 Å². The first-order valence-electron chi connectivity index (χ1n) is 13.2. The fraction of sp³-hybridized carbons (Fsp3) is 0.212. The molecule has 4 rings (SSSR count). The number of carboxylic acid groups (broad SMARTS) is 2. The number of hydrogen-bond acceptors (Lipinski definition) is 5. The van der Waals surface area contributed by atoms with Crippen LogP contribution in [0.15, 0.2) is 109 Å². The predicted octanol–water partition coefficient (Wildman–Crippen LogP) is 5.55. The summed E-state index contributed by atoms with van der Waals surface area (Å²) in [6.45, 7) is 1.81. The average molecular weight is 540 g/mol. The number of rotatable bonds is 14. The number of carboxylic acids is 2. The third-order valence-electron chi connectivity index (χ3n) is 6.76. The van der Waals surface area contributed by atoms with Crippen LogP contribution in [-0.2, 0) is 6.54 Å². The van der Waals surface area contributed by atoms with Gasteiger partial charge in [-0.25, -0.2) is 9.59 Å². The lowest BCUT2D eigenvalue weighted by atomic mass is 9.87. The van der Waals surface area contributed by atoms with E-state index in [1.807, 2.05) is 84.9 Å². The average Bonchev–Trinajstić information content (AvgIpc) is 2.97. The smallest absolute Gasteiger partial charge is 0.335 e. The summed E-state index contributed by atoms with van der Waals surface area (Å²) < 4.78 is 5.77. The number of carbonyl (C=O) groups is 2. The summed E-state index contributed by atoms with van der Waals surface area (Å²) in [4.78, 5) is 25.0. The molecule has 0 radical (unpaired) electrons. The van der Waals surface area contributed by atoms with Gasteiger partial charge in [0.2, 0.25) is 0 Å². The maximum Gasteiger partial charge on any atom is 0.335 e. The fourth-order valence-electron chi connectivity index (χ4n) is 4.69. The Bertz CT molecular complexity index is 1300. The van der Waals surface area contributed by atoms with Gasteiger partial charge < -0.3 is 20.1 Å². The van der Waals surface area contributed by atoms with E-state index in [-0.39, 0.29) is 23.7 Å². The van der Waals surface area contributed by atoms with E-state index in [2.05, 4.69) is 4.90 Å². The van der Waals surface area contributed by atoms with Gasteiger partial charge in [-0.1, -0.05) is 72.8 Å². The SMILES string of the molecule is O=C(O)c1ccc(C(CCN(Cc2ccccc2)C[C@H](O)COc2ccccc2)c2ccc(C(=O)O)cc2)cc1. The van der Waals surface area contributed by atoms with E-state index in [1.165, 1.54) is 0 Å². The molecule has 206 valence electrons. The van der Waals surface area contributed by atoms with E-state index in [0.717, 1.165) is 16.7 Å². The maximum absolute atomic E-state index is 11.4. The van der Waals surface area contributed by atoms with Crippen LogP contribution in [0.4, 0.5) is 0 Å². The van der Waals surface area contributed by atoms with Gasteiger partial charge in [0, 0.05) is 19.0 Å². The van der Waals surface area contributed by atoms with Crippen molar-refractivity contribution < 1.29 is 29.6 Å². The normalized spacial score (nSPS) is 11.9. The number of aromatic carboxylic acids is 2. The van der Waals surface area contributed by atoms with Crippen LogP contribution >= 0.6 is 0 Å². The molecular formula is C33H33NO6. The van der Waals surface area contributed by atoms with E-state index < -0.39 is 18.0 Å². The summed E-state index contributed by atoms with van der Waals surface area (Å²) in [5.41, 5.74) is 3.39. The molecule has 0 saturated carbocycles. The van der Waals surface area contributed by atoms with E-state index in [9.17, 15) is 24.9 Å². The second kappa shape index (κ2) is 14.1. The minimum Gasteiger partial charge on any atom is -0.491 e. The number of benzene rings is 4. The van der Waals surface area contributed by atoms with Crippen LogP contribution < -0.4 is 4.74 Å². The fourth-order valence-corrected chi connectivity index (χ4v) is 4.69. The van der Waals surface area contributed by atoms with Crippen molar-refractivity contribution in [1.29, 1.82) is 0 Å². The molecule has 0 heterocycles. The number of ether oxygens (including phenoxy) is 1. The second-order valence-corrected chi connectivity index (χ2v) is 9.69. The standard InChI is InChI=1S/C33H33NO6/c35-29(23-40-30-9-5-2-6-10-30)22-34(21-24-7-3-1-4-8-24)20-19-31(25-11-15-27(16-12-25)32(36)37)26-13-17-28(18-14-26)33(38)39/h1-18,29,31,35H,19-23H2,(H,36,37)(H,38,39)/t29-/m0/s1. The molecule has 0 unspecified atom stereocenters. The van der Waals surface area contributed by atoms with Crippen molar-refractivity contribution in [3.63, 3.8) is 0 Å². The van der Waals surface area contributed by atoms with Crippen LogP contribution in [0.2, 0.25) is 0 Å². The van der Waals surface area contributed by atoms with Crippen molar-refractivity contribution >= 4 is 11.9 Å². The molecule has 4 aromatic rings. The Labute approximate surface area is 233 Å². The van der Waals surface area contributed by atoms with Crippen molar-refractivity contribution in [3.05, 3.63) is 137 Å². The van der Waals surface area contributed by atoms with Crippen molar-refractivity contribution in [2.24, 2.45) is 0 Å². The van der Waals surface area contributed by atoms with Gasteiger partial charge in [0.05, 0.1) is 11.1 Å². The Balaban J connectivity index is 1.53. The summed E-state index contributed by atoms with van der Waals surface area (Å²) in [7, 11) is 0. The molecule has 0 aliphatic rings. The molecule has 0 aromatic heterocycles. The summed E-state index contributed by atoms with van der Waals surface area (Å²) in [5.74, 6) is -1.39. The van der Waals surface area contributed by atoms with Crippen LogP contribution in [0.25, 0.3) is 0 Å². The summed E-state index contributed by atoms with van der Waals surface area (Å²) in [6.07, 6.45) is -0.0511. The Kier molecular flexibility index (Phi) is 10.0. The van der Waals surface area contributed by atoms with Gasteiger partial charge in [-0.3, -0.25) is 4.90 Å². The second-order valence-electron chi connectivity index (χ2n) is 9.69. The van der Waals surface area contributed by atoms with Gasteiger partial charge in [0.15, 0.2) is 0 Å². The van der Waals surface area contributed by atoms with E-state index in [4.69, 9.17) is 4.74 Å². The minimum atomic E-state index is -0.991. The molecule has 7 nitrogen and oxygen atoms in total. The monoisotopic (exact) mass is 539 g/mol. The van der Waals surface area contributed by atoms with E-state index in [0.29, 0.717) is 31.8 Å². The van der Waals surface area contributed by atoms with E-state index >= 15 is 0 Å². The van der Waals surface area contributed by atoms with Crippen molar-refractivity contribution in [2.45, 2.75) is 25.0 Å². The molecule has 0 aliphatic carbocycles. The maximum atomic E-state index is 11.4. The molecule has 1 atom stereocenters. The van der Waals surface area contributed by atoms with E-state index in [1.54, 1.807) is 24.3 Å². The van der Waals surface area contributed by atoms with Gasteiger partial charge in [-0.05, 0) is 66.1 Å². The lowest BCUT2D eigenvalue weighted by Gasteiger charge is -2.28. The first-order valence-corrected chi connectivity index (χ1v) is 13.2. The lowest BCUT2D eigenvalue weighted by Crippen LogP contribution is -2.36. The number of aliphatic hydroxyl groups is 1. The summed E-state index contributed by atoms with van der Waals surface area (Å²) in [6, 6.07) is 33.0. The van der Waals surface area contributed by atoms with Gasteiger partial charge in [-0.15, -0.1) is 0 Å². The van der Waals surface area contributed by atoms with Crippen LogP contribution in [0, 0.1) is 0 Å². The van der Waals surface area contributed by atoms with Crippen LogP contribution in [-0.4, -0.2) is 58.0 Å². The number of hydrogen-bond donors (Lipinski definition) is 3. The molecule has 0 aliphatic heterocycles. The molecule has 7 heteroatoms. The minimum absolute atomic E-state index is 0.110. The van der Waals surface area contributed by atoms with Crippen LogP contribution in [0.5, 0.6) is 5.75 Å². The molecule has 3 N–H and O–H groups in total. The molecule has 40 heavy (non-hydrogen) atoms. The topological polar surface area (TPSA) is 107 Å². The van der Waals surface area contributed by atoms with Gasteiger partial charge in [0.25, 0.3) is 0 Å². The van der Waals surface area contributed by atoms with Crippen molar-refractivity contribution in [2.75, 3.05) is 19.7 Å². The Morgan fingerprint density at radius 1 is 0.700 bits per heavy atom. The Morgan fingerprint density at radius 2 is 1.20 bits per heavy atom. The molecule has 4 aromatic carbocycles. The summed E-state index contributed by atoms with van der Waals surface area (Å²) >= 11 is 0. The van der Waals surface area contributed by atoms with Crippen molar-refractivity contribution in [1.82, 2.24) is 4.90 Å². The molecular weight excluding hydrogens is 506 g/mol. The Hall–Kier alpha value is -4.46. The first-order chi connectivity index (χ1) is 19.4. The molecule has 0 fully saturated rings. The van der Waals surface area contributed by atoms with Gasteiger partial charge >= 0.3 is 11.9 Å². The first kappa shape index (κ1) is 28.5. The largest absolute Gasteiger partial charge is 0.491 e. The highest BCUT2D eigenvalue weighted by molar-refractivity contribution is 5.88. The quantitative estimate of drug-likeness (QED) is 0.193. The number of para-hydroxylation sites is 1. The Morgan fingerprint density at radius 3 is 1.70 bits per heavy atom. The zero-order valence-corrected chi connectivity index (χ0v) is 22.1. The molecule has 0 bridgehead atoms. The molecule has 0 saturated heterocycles. The third kappa shape index (κ3) is 8.27. The molecule has 0 amide bonds. The lowest BCUT2D eigenvalue weighted by molar-refractivity contribution is 0.0647. The molecule has 0 spiro atoms. The number of nitrogens with zero attached hydrogens (tertiary/aromatic N) is 1. The zero-order chi connectivity index (χ0) is 28.3. The third-order valence-corrected chi connectivity index (χ3v) is 6.76. The van der Waals surface area contributed by atoms with Gasteiger partial charge in [-0.2, -0.15) is 0 Å². The van der Waals surface area contributed by atoms with Crippen LogP contribution in [0.3, 0.4) is 0 Å². The summed E-state index contributed by atoms with van der Waals surface area (Å²) in [5, 5.41) is 29.5. The van der Waals surface area contributed by atoms with Gasteiger partial charge in [0.1, 0.15) is 18.5 Å². The predicted molar refractivity (Wildman–Crippen MR) is 153 cm³/mol. The number of aliphatic hydroxyl groups excluding tert-OH is 1. The zero-order valence-electron chi connectivity index (χ0n) is 22.1. The highest BCUT2D eigenvalue weighted by atomic mass is 16.5. The van der Waals surface area contributed by atoms with Crippen LogP contribution in [0.1, 0.15) is 49.7 Å².